The molecule has 31 heavy (non-hydrogen) atoms. The summed E-state index contributed by atoms with van der Waals surface area (Å²) in [6, 6.07) is 17.5. The van der Waals surface area contributed by atoms with E-state index in [1.807, 2.05) is 16.8 Å². The molecule has 2 aromatic carbocycles. The van der Waals surface area contributed by atoms with Crippen molar-refractivity contribution in [3.63, 3.8) is 0 Å². The number of halogens is 1. The van der Waals surface area contributed by atoms with Gasteiger partial charge in [-0.2, -0.15) is 0 Å². The number of quaternary nitrogens is 2. The van der Waals surface area contributed by atoms with Crippen molar-refractivity contribution in [2.45, 2.75) is 45.3 Å². The lowest BCUT2D eigenvalue weighted by Crippen LogP contribution is -3.27. The zero-order valence-corrected chi connectivity index (χ0v) is 18.7. The first-order valence-electron chi connectivity index (χ1n) is 11.2. The van der Waals surface area contributed by atoms with Gasteiger partial charge in [0.1, 0.15) is 38.5 Å². The van der Waals surface area contributed by atoms with Crippen LogP contribution in [0.1, 0.15) is 50.2 Å². The molecule has 3 aromatic rings. The van der Waals surface area contributed by atoms with E-state index >= 15 is 0 Å². The van der Waals surface area contributed by atoms with Gasteiger partial charge in [-0.25, -0.2) is 9.07 Å². The van der Waals surface area contributed by atoms with E-state index in [0.717, 1.165) is 45.0 Å². The summed E-state index contributed by atoms with van der Waals surface area (Å²) in [7, 11) is 0. The van der Waals surface area contributed by atoms with Gasteiger partial charge in [0, 0.05) is 5.56 Å². The lowest BCUT2D eigenvalue weighted by Gasteiger charge is -2.35. The summed E-state index contributed by atoms with van der Waals surface area (Å²) in [6.45, 7) is 11.4. The molecule has 1 fully saturated rings. The van der Waals surface area contributed by atoms with Crippen molar-refractivity contribution >= 4 is 0 Å². The van der Waals surface area contributed by atoms with Crippen LogP contribution in [0, 0.1) is 5.82 Å². The summed E-state index contributed by atoms with van der Waals surface area (Å²) in [4.78, 5) is 2.89. The Morgan fingerprint density at radius 1 is 1.00 bits per heavy atom. The molecule has 1 saturated heterocycles. The smallest absolute Gasteiger partial charge is 0.214 e. The van der Waals surface area contributed by atoms with Crippen LogP contribution in [0.15, 0.2) is 54.6 Å². The second-order valence-electron chi connectivity index (χ2n) is 9.14. The Kier molecular flexibility index (Phi) is 6.43. The van der Waals surface area contributed by atoms with Crippen LogP contribution in [0.4, 0.5) is 4.39 Å². The Bertz CT molecular complexity index is 978. The Labute approximate surface area is 183 Å². The second kappa shape index (κ2) is 9.24. The molecule has 0 unspecified atom stereocenters. The van der Waals surface area contributed by atoms with Gasteiger partial charge < -0.3 is 9.80 Å². The highest BCUT2D eigenvalue weighted by atomic mass is 19.1. The first kappa shape index (κ1) is 21.6. The minimum absolute atomic E-state index is 0.192. The molecule has 164 valence electrons. The molecule has 0 radical (unpaired) electrons. The van der Waals surface area contributed by atoms with Gasteiger partial charge in [-0.15, -0.1) is 5.10 Å². The summed E-state index contributed by atoms with van der Waals surface area (Å²) in [5, 5.41) is 12.7. The quantitative estimate of drug-likeness (QED) is 0.596. The van der Waals surface area contributed by atoms with E-state index in [1.54, 1.807) is 11.0 Å². The Morgan fingerprint density at radius 3 is 2.35 bits per heavy atom. The predicted molar refractivity (Wildman–Crippen MR) is 117 cm³/mol. The zero-order chi connectivity index (χ0) is 21.8. The lowest BCUT2D eigenvalue weighted by atomic mass is 9.98. The summed E-state index contributed by atoms with van der Waals surface area (Å²) in [6.07, 6.45) is 0.888. The number of nitrogens with one attached hydrogen (secondary N) is 2. The van der Waals surface area contributed by atoms with Gasteiger partial charge in [-0.05, 0) is 42.8 Å². The van der Waals surface area contributed by atoms with Gasteiger partial charge in [-0.1, -0.05) is 49.4 Å². The first-order valence-corrected chi connectivity index (χ1v) is 11.2. The molecule has 7 heteroatoms. The molecule has 0 bridgehead atoms. The summed E-state index contributed by atoms with van der Waals surface area (Å²) < 4.78 is 16.9. The molecule has 1 aliphatic rings. The normalized spacial score (nSPS) is 20.5. The van der Waals surface area contributed by atoms with Crippen LogP contribution in [0.25, 0.3) is 0 Å². The predicted octanol–water partition coefficient (Wildman–Crippen LogP) is 1.03. The van der Waals surface area contributed by atoms with E-state index in [9.17, 15) is 4.39 Å². The number of hydrogen-bond donors (Lipinski definition) is 2. The van der Waals surface area contributed by atoms with Crippen LogP contribution in [0.5, 0.6) is 0 Å². The van der Waals surface area contributed by atoms with Crippen molar-refractivity contribution in [1.29, 1.82) is 0 Å². The molecular weight excluding hydrogens is 391 g/mol. The van der Waals surface area contributed by atoms with Crippen molar-refractivity contribution in [2.24, 2.45) is 0 Å². The van der Waals surface area contributed by atoms with E-state index in [0.29, 0.717) is 5.56 Å². The molecule has 1 atom stereocenters. The molecule has 0 saturated carbocycles. The molecule has 6 nitrogen and oxygen atoms in total. The highest BCUT2D eigenvalue weighted by molar-refractivity contribution is 5.24. The van der Waals surface area contributed by atoms with Crippen molar-refractivity contribution in [1.82, 2.24) is 20.2 Å². The third kappa shape index (κ3) is 4.67. The Hall–Kier alpha value is -2.64. The van der Waals surface area contributed by atoms with Crippen molar-refractivity contribution in [2.75, 3.05) is 26.2 Å². The second-order valence-corrected chi connectivity index (χ2v) is 9.14. The third-order valence-electron chi connectivity index (χ3n) is 6.71. The van der Waals surface area contributed by atoms with Crippen LogP contribution < -0.4 is 9.80 Å². The maximum atomic E-state index is 15.0. The van der Waals surface area contributed by atoms with Gasteiger partial charge in [0.2, 0.25) is 5.82 Å². The standard InChI is InChI=1S/C24H31FN6/c1-4-24(2,3)31-23(26-27-28-31)22(20-12-8-9-13-21(20)25)30-16-14-29(15-17-30)18-19-10-6-5-7-11-19/h5-13,22H,4,14-18H2,1-3H3/p+2/t22-/m1/s1. The number of aromatic nitrogens is 4. The maximum absolute atomic E-state index is 15.0. The topological polar surface area (TPSA) is 52.5 Å². The summed E-state index contributed by atoms with van der Waals surface area (Å²) in [5.74, 6) is 0.557. The van der Waals surface area contributed by atoms with E-state index in [4.69, 9.17) is 0 Å². The van der Waals surface area contributed by atoms with Crippen LogP contribution in [-0.4, -0.2) is 46.4 Å². The molecule has 4 rings (SSSR count). The van der Waals surface area contributed by atoms with E-state index in [1.165, 1.54) is 16.5 Å². The average molecular weight is 425 g/mol. The molecular formula is C24H33FN6+2. The van der Waals surface area contributed by atoms with E-state index in [2.05, 4.69) is 66.6 Å². The number of hydrogen-bond acceptors (Lipinski definition) is 3. The fourth-order valence-corrected chi connectivity index (χ4v) is 4.48. The lowest BCUT2D eigenvalue weighted by molar-refractivity contribution is -1.03. The summed E-state index contributed by atoms with van der Waals surface area (Å²) in [5.41, 5.74) is 1.80. The van der Waals surface area contributed by atoms with Gasteiger partial charge in [0.05, 0.1) is 11.1 Å². The largest absolute Gasteiger partial charge is 0.322 e. The Balaban J connectivity index is 1.60. The fourth-order valence-electron chi connectivity index (χ4n) is 4.48. The van der Waals surface area contributed by atoms with E-state index < -0.39 is 0 Å². The van der Waals surface area contributed by atoms with Gasteiger partial charge in [0.25, 0.3) is 0 Å². The highest BCUT2D eigenvalue weighted by Gasteiger charge is 2.39. The Morgan fingerprint density at radius 2 is 1.68 bits per heavy atom. The van der Waals surface area contributed by atoms with Crippen molar-refractivity contribution < 1.29 is 14.2 Å². The van der Waals surface area contributed by atoms with Crippen LogP contribution in [0.2, 0.25) is 0 Å². The molecule has 0 aliphatic carbocycles. The van der Waals surface area contributed by atoms with E-state index in [-0.39, 0.29) is 17.4 Å². The van der Waals surface area contributed by atoms with Crippen molar-refractivity contribution in [3.8, 4) is 0 Å². The molecule has 0 amide bonds. The molecule has 0 spiro atoms. The van der Waals surface area contributed by atoms with Crippen LogP contribution >= 0.6 is 0 Å². The molecule has 1 aromatic heterocycles. The zero-order valence-electron chi connectivity index (χ0n) is 18.7. The summed E-state index contributed by atoms with van der Waals surface area (Å²) >= 11 is 0. The van der Waals surface area contributed by atoms with Crippen molar-refractivity contribution in [3.05, 3.63) is 77.4 Å². The average Bonchev–Trinajstić information content (AvgIpc) is 3.28. The van der Waals surface area contributed by atoms with Crippen LogP contribution in [-0.2, 0) is 12.1 Å². The molecule has 2 N–H and O–H groups in total. The SMILES string of the molecule is CCC(C)(C)n1nnnc1[C@@H](c1ccccc1F)[NH+]1CC[NH+](Cc2ccccc2)CC1. The minimum atomic E-state index is -0.234. The van der Waals surface area contributed by atoms with Crippen LogP contribution in [0.3, 0.4) is 0 Å². The maximum Gasteiger partial charge on any atom is 0.214 e. The van der Waals surface area contributed by atoms with Gasteiger partial charge in [0.15, 0.2) is 6.04 Å². The number of nitrogens with zero attached hydrogens (tertiary/aromatic N) is 4. The monoisotopic (exact) mass is 424 g/mol. The third-order valence-corrected chi connectivity index (χ3v) is 6.71. The first-order chi connectivity index (χ1) is 15.0. The van der Waals surface area contributed by atoms with Gasteiger partial charge >= 0.3 is 0 Å². The fraction of sp³-hybridized carbons (Fsp3) is 0.458. The molecule has 1 aliphatic heterocycles. The number of tetrazole rings is 1. The number of benzene rings is 2. The minimum Gasteiger partial charge on any atom is -0.322 e. The molecule has 2 heterocycles. The van der Waals surface area contributed by atoms with Gasteiger partial charge in [-0.3, -0.25) is 0 Å². The number of rotatable bonds is 7. The number of piperazine rings is 1. The highest BCUT2D eigenvalue weighted by Crippen LogP contribution is 2.26.